The van der Waals surface area contributed by atoms with Gasteiger partial charge in [0.25, 0.3) is 0 Å². The Morgan fingerprint density at radius 2 is 0.717 bits per heavy atom. The van der Waals surface area contributed by atoms with Crippen molar-refractivity contribution in [2.24, 2.45) is 0 Å². The molecular formula is C56H96N4O39. The zero-order valence-corrected chi connectivity index (χ0v) is 54.2. The van der Waals surface area contributed by atoms with Crippen LogP contribution in [0.2, 0.25) is 0 Å². The Morgan fingerprint density at radius 1 is 0.364 bits per heavy atom. The third kappa shape index (κ3) is 19.1. The summed E-state index contributed by atoms with van der Waals surface area (Å²) in [5, 5.41) is 241. The second-order valence-electron chi connectivity index (χ2n) is 25.1. The summed E-state index contributed by atoms with van der Waals surface area (Å²) in [6, 6.07) is -7.20. The lowest BCUT2D eigenvalue weighted by Gasteiger charge is -2.51. The number of rotatable bonds is 28. The van der Waals surface area contributed by atoms with Crippen LogP contribution in [0.4, 0.5) is 0 Å². The third-order valence-corrected chi connectivity index (χ3v) is 17.8. The molecule has 7 aliphatic rings. The monoisotopic (exact) mass is 1450 g/mol. The molecule has 0 aromatic carbocycles. The maximum atomic E-state index is 13.0. The summed E-state index contributed by atoms with van der Waals surface area (Å²) in [6.07, 6.45) is -69.6. The van der Waals surface area contributed by atoms with Crippen molar-refractivity contribution in [3.8, 4) is 0 Å². The highest BCUT2D eigenvalue weighted by atomic mass is 16.8. The van der Waals surface area contributed by atoms with E-state index < -0.39 is 309 Å². The van der Waals surface area contributed by atoms with Crippen molar-refractivity contribution >= 4 is 23.6 Å². The Balaban J connectivity index is 1.20. The predicted octanol–water partition coefficient (Wildman–Crippen LogP) is -16.2. The quantitative estimate of drug-likeness (QED) is 0.0346. The normalized spacial score (nSPS) is 45.7. The molecule has 4 amide bonds. The van der Waals surface area contributed by atoms with Crippen molar-refractivity contribution in [1.82, 2.24) is 21.3 Å². The largest absolute Gasteiger partial charge is 0.394 e. The molecule has 7 saturated heterocycles. The van der Waals surface area contributed by atoms with Crippen molar-refractivity contribution < 1.29 is 193 Å². The molecule has 0 spiro atoms. The van der Waals surface area contributed by atoms with Gasteiger partial charge in [-0.15, -0.1) is 0 Å². The topological polar surface area (TPSA) is 670 Å². The number of ether oxygens (including phenoxy) is 14. The van der Waals surface area contributed by atoms with Crippen molar-refractivity contribution in [1.29, 1.82) is 0 Å². The lowest BCUT2D eigenvalue weighted by atomic mass is 9.94. The maximum absolute atomic E-state index is 13.0. The van der Waals surface area contributed by atoms with Gasteiger partial charge in [0, 0.05) is 27.7 Å². The fourth-order valence-corrected chi connectivity index (χ4v) is 12.4. The van der Waals surface area contributed by atoms with E-state index in [1.807, 2.05) is 0 Å². The molecule has 0 aromatic heterocycles. The lowest BCUT2D eigenvalue weighted by Crippen LogP contribution is -2.70. The van der Waals surface area contributed by atoms with Crippen LogP contribution < -0.4 is 21.3 Å². The average Bonchev–Trinajstić information content (AvgIpc) is 0.769. The number of aliphatic hydroxyl groups is 21. The molecule has 0 radical (unpaired) electrons. The van der Waals surface area contributed by atoms with Crippen LogP contribution in [-0.4, -0.2) is 416 Å². The van der Waals surface area contributed by atoms with E-state index in [0.29, 0.717) is 0 Å². The summed E-state index contributed by atoms with van der Waals surface area (Å²) >= 11 is 0. The van der Waals surface area contributed by atoms with Gasteiger partial charge in [-0.1, -0.05) is 0 Å². The summed E-state index contributed by atoms with van der Waals surface area (Å²) in [5.41, 5.74) is 0. The van der Waals surface area contributed by atoms with Crippen LogP contribution in [0.25, 0.3) is 0 Å². The highest BCUT2D eigenvalue weighted by Gasteiger charge is 2.60. The van der Waals surface area contributed by atoms with Gasteiger partial charge in [0.1, 0.15) is 177 Å². The number of amides is 4. The Labute approximate surface area is 563 Å². The first kappa shape index (κ1) is 82.8. The van der Waals surface area contributed by atoms with Gasteiger partial charge in [0.05, 0.1) is 64.5 Å². The summed E-state index contributed by atoms with van der Waals surface area (Å²) < 4.78 is 83.6. The Hall–Kier alpha value is -3.52. The van der Waals surface area contributed by atoms with Gasteiger partial charge in [-0.25, -0.2) is 0 Å². The van der Waals surface area contributed by atoms with E-state index in [9.17, 15) is 126 Å². The summed E-state index contributed by atoms with van der Waals surface area (Å²) in [5.74, 6) is -3.51. The molecular weight excluding hydrogens is 1350 g/mol. The number of nitrogens with one attached hydrogen (secondary N) is 4. The molecule has 574 valence electrons. The zero-order valence-electron chi connectivity index (χ0n) is 54.2. The summed E-state index contributed by atoms with van der Waals surface area (Å²) in [7, 11) is 0. The standard InChI is InChI=1S/C56H96N4O39/c1-14-30(72)40(82)42(84)53(87-14)98-48-46(96-51-27(58-17(4)68)37(79)33(75)22(8-62)89-51)35(77)24(10-64)91-55(48)94-44(20(7-61)57-16(3)67)32(74)21(71)13-86-50-29(60-19(6)70)39(81)45(26(12-66)93-50)95-56-49(99-54-43(85)41(83)31(73)15(2)88-54)47(36(78)25(11-65)92-56)97-52-28(59-18(5)69)38(80)34(76)23(9-63)90-52/h14-15,20-56,61-66,71-85H,7-13H2,1-6H3,(H,57,67)(H,58,68)(H,59,69)(H,60,70)/t14-,15-,20-,21+,22+,23+,24+,25+,26+,27+,28+,29+,30+,31+,32-,33-,34-,35-,36-,37+,38+,39+,40+,41+,42-,43-,44+,45+,46-,47-,48+,49+,50+,51+,52+,53-,54-,55-,56-/m0/s1. The smallest absolute Gasteiger partial charge is 0.217 e. The van der Waals surface area contributed by atoms with Crippen LogP contribution in [0, 0.1) is 0 Å². The van der Waals surface area contributed by atoms with Gasteiger partial charge in [0.15, 0.2) is 44.0 Å². The van der Waals surface area contributed by atoms with Crippen LogP contribution in [0.15, 0.2) is 0 Å². The van der Waals surface area contributed by atoms with Crippen molar-refractivity contribution in [2.45, 2.75) is 281 Å². The fraction of sp³-hybridized carbons (Fsp3) is 0.929. The van der Waals surface area contributed by atoms with Crippen molar-refractivity contribution in [3.63, 3.8) is 0 Å². The van der Waals surface area contributed by atoms with E-state index in [-0.39, 0.29) is 0 Å². The minimum Gasteiger partial charge on any atom is -0.394 e. The van der Waals surface area contributed by atoms with Crippen LogP contribution in [0.5, 0.6) is 0 Å². The lowest BCUT2D eigenvalue weighted by molar-refractivity contribution is -0.398. The SMILES string of the molecule is CC(=O)N[C@H]1[C@H](OC[C@@H](O)[C@H](O)[C@H](O[C@@H]2O[C@H](CO)[C@H](O)[C@H](O[C@H]3O[C@H](CO)[C@H](O)[C@H](O)[C@H]3NC(C)=O)[C@H]2O[C@@H]2O[C@@H](C)[C@@H](O)[C@@H](O)[C@@H]2O)[C@H](CO)NC(C)=O)O[C@H](CO)[C@@H](O[C@@H]2O[C@H](CO)[C@H](O)[C@H](O[C@H]3O[C@H](CO)[C@H](O)[C@H](O)[C@H]3NC(C)=O)[C@H]2O[C@@H]2O[C@@H](C)[C@@H](O)[C@@H](O)[C@@H]2O)[C@@H]1O. The van der Waals surface area contributed by atoms with Gasteiger partial charge in [0.2, 0.25) is 23.6 Å². The first-order valence-electron chi connectivity index (χ1n) is 31.7. The molecule has 0 aliphatic carbocycles. The van der Waals surface area contributed by atoms with E-state index in [4.69, 9.17) is 66.3 Å². The van der Waals surface area contributed by atoms with Gasteiger partial charge in [-0.05, 0) is 13.8 Å². The zero-order chi connectivity index (χ0) is 73.5. The second kappa shape index (κ2) is 36.5. The molecule has 7 fully saturated rings. The summed E-state index contributed by atoms with van der Waals surface area (Å²) in [6.45, 7) is -1.27. The van der Waals surface area contributed by atoms with Crippen molar-refractivity contribution in [3.05, 3.63) is 0 Å². The molecule has 7 heterocycles. The number of carbonyl (C=O) groups is 4. The molecule has 7 aliphatic heterocycles. The fourth-order valence-electron chi connectivity index (χ4n) is 12.4. The Morgan fingerprint density at radius 3 is 1.11 bits per heavy atom. The predicted molar refractivity (Wildman–Crippen MR) is 310 cm³/mol. The highest BCUT2D eigenvalue weighted by Crippen LogP contribution is 2.39. The molecule has 43 nitrogen and oxygen atoms in total. The molecule has 7 rings (SSSR count). The number of carbonyl (C=O) groups excluding carboxylic acids is 4. The van der Waals surface area contributed by atoms with E-state index >= 15 is 0 Å². The van der Waals surface area contributed by atoms with Gasteiger partial charge in [-0.2, -0.15) is 0 Å². The van der Waals surface area contributed by atoms with Gasteiger partial charge < -0.3 is 195 Å². The molecule has 39 atom stereocenters. The van der Waals surface area contributed by atoms with E-state index in [1.165, 1.54) is 13.8 Å². The van der Waals surface area contributed by atoms with Crippen LogP contribution in [0.1, 0.15) is 41.5 Å². The van der Waals surface area contributed by atoms with Crippen LogP contribution >= 0.6 is 0 Å². The number of hydrogen-bond donors (Lipinski definition) is 25. The number of hydrogen-bond acceptors (Lipinski definition) is 39. The van der Waals surface area contributed by atoms with Crippen LogP contribution in [-0.2, 0) is 85.5 Å². The number of aliphatic hydroxyl groups excluding tert-OH is 21. The first-order chi connectivity index (χ1) is 46.7. The third-order valence-electron chi connectivity index (χ3n) is 17.8. The summed E-state index contributed by atoms with van der Waals surface area (Å²) in [4.78, 5) is 50.6. The van der Waals surface area contributed by atoms with E-state index in [2.05, 4.69) is 21.3 Å². The van der Waals surface area contributed by atoms with Gasteiger partial charge in [-0.3, -0.25) is 19.2 Å². The molecule has 0 unspecified atom stereocenters. The molecule has 0 bridgehead atoms. The molecule has 99 heavy (non-hydrogen) atoms. The second-order valence-corrected chi connectivity index (χ2v) is 25.1. The molecule has 25 N–H and O–H groups in total. The average molecular weight is 1450 g/mol. The van der Waals surface area contributed by atoms with Gasteiger partial charge >= 0.3 is 0 Å². The van der Waals surface area contributed by atoms with Crippen LogP contribution in [0.3, 0.4) is 0 Å². The van der Waals surface area contributed by atoms with Crippen molar-refractivity contribution in [2.75, 3.05) is 46.2 Å². The van der Waals surface area contributed by atoms with E-state index in [0.717, 1.165) is 27.7 Å². The Kier molecular flexibility index (Phi) is 30.5. The maximum Gasteiger partial charge on any atom is 0.217 e. The van der Waals surface area contributed by atoms with E-state index in [1.54, 1.807) is 0 Å². The molecule has 0 aromatic rings. The first-order valence-corrected chi connectivity index (χ1v) is 31.7. The highest BCUT2D eigenvalue weighted by molar-refractivity contribution is 5.74. The Bertz CT molecular complexity index is 2550. The minimum atomic E-state index is -2.49. The molecule has 0 saturated carbocycles. The molecule has 43 heteroatoms. The minimum absolute atomic E-state index is 0.822.